The summed E-state index contributed by atoms with van der Waals surface area (Å²) in [6.45, 7) is 1.40. The third-order valence-electron chi connectivity index (χ3n) is 6.61. The van der Waals surface area contributed by atoms with E-state index in [0.29, 0.717) is 24.3 Å². The highest BCUT2D eigenvalue weighted by atomic mass is 19.4. The number of rotatable bonds is 5. The zero-order valence-electron chi connectivity index (χ0n) is 18.0. The van der Waals surface area contributed by atoms with Crippen LogP contribution in [0.2, 0.25) is 0 Å². The normalized spacial score (nSPS) is 19.7. The molecule has 1 N–H and O–H groups in total. The Morgan fingerprint density at radius 1 is 1.00 bits per heavy atom. The molecule has 0 radical (unpaired) electrons. The van der Waals surface area contributed by atoms with Crippen molar-refractivity contribution < 1.29 is 18.0 Å². The van der Waals surface area contributed by atoms with E-state index in [1.165, 1.54) is 18.6 Å². The van der Waals surface area contributed by atoms with Crippen LogP contribution in [-0.4, -0.2) is 39.9 Å². The standard InChI is InChI=1S/C24H29F3N4O/c25-24(26,27)19-8-6-17(7-9-19)22(21-16-28-12-13-29-21)30-20-10-14-31(15-11-20)23(32)18-4-2-1-3-5-18/h6-9,12-13,16,18,20,22,30H,1-5,10-11,14-15H2. The van der Waals surface area contributed by atoms with Gasteiger partial charge in [-0.05, 0) is 43.4 Å². The van der Waals surface area contributed by atoms with E-state index in [0.717, 1.165) is 50.7 Å². The molecule has 172 valence electrons. The summed E-state index contributed by atoms with van der Waals surface area (Å²) in [5, 5.41) is 3.56. The highest BCUT2D eigenvalue weighted by Gasteiger charge is 2.32. The Balaban J connectivity index is 1.43. The first kappa shape index (κ1) is 22.7. The van der Waals surface area contributed by atoms with Crippen molar-refractivity contribution in [3.05, 3.63) is 59.7 Å². The molecule has 1 aliphatic heterocycles. The quantitative estimate of drug-likeness (QED) is 0.721. The van der Waals surface area contributed by atoms with E-state index in [1.54, 1.807) is 18.6 Å². The molecule has 1 aliphatic carbocycles. The van der Waals surface area contributed by atoms with Crippen LogP contribution in [0, 0.1) is 5.92 Å². The Kier molecular flexibility index (Phi) is 7.08. The molecule has 2 fully saturated rings. The molecule has 2 heterocycles. The predicted octanol–water partition coefficient (Wildman–Crippen LogP) is 4.75. The predicted molar refractivity (Wildman–Crippen MR) is 115 cm³/mol. The van der Waals surface area contributed by atoms with Crippen LogP contribution in [0.5, 0.6) is 0 Å². The number of nitrogens with one attached hydrogen (secondary N) is 1. The second kappa shape index (κ2) is 9.98. The molecular formula is C24H29F3N4O. The molecular weight excluding hydrogens is 417 g/mol. The van der Waals surface area contributed by atoms with Crippen molar-refractivity contribution >= 4 is 5.91 Å². The maximum absolute atomic E-state index is 13.0. The number of nitrogens with zero attached hydrogens (tertiary/aromatic N) is 3. The van der Waals surface area contributed by atoms with Gasteiger partial charge in [0.25, 0.3) is 0 Å². The van der Waals surface area contributed by atoms with Crippen molar-refractivity contribution in [3.8, 4) is 0 Å². The fourth-order valence-electron chi connectivity index (χ4n) is 4.79. The lowest BCUT2D eigenvalue weighted by Gasteiger charge is -2.37. The zero-order valence-corrected chi connectivity index (χ0v) is 18.0. The number of likely N-dealkylation sites (tertiary alicyclic amines) is 1. The van der Waals surface area contributed by atoms with E-state index >= 15 is 0 Å². The van der Waals surface area contributed by atoms with E-state index < -0.39 is 11.7 Å². The van der Waals surface area contributed by atoms with Crippen LogP contribution in [0.1, 0.15) is 67.8 Å². The SMILES string of the molecule is O=C(C1CCCCC1)N1CCC(NC(c2ccc(C(F)(F)F)cc2)c2cnccn2)CC1. The number of hydrogen-bond donors (Lipinski definition) is 1. The van der Waals surface area contributed by atoms with Crippen LogP contribution in [0.25, 0.3) is 0 Å². The largest absolute Gasteiger partial charge is 0.416 e. The number of aromatic nitrogens is 2. The minimum atomic E-state index is -4.37. The molecule has 2 aromatic rings. The lowest BCUT2D eigenvalue weighted by Crippen LogP contribution is -2.47. The molecule has 1 aromatic heterocycles. The summed E-state index contributed by atoms with van der Waals surface area (Å²) >= 11 is 0. The van der Waals surface area contributed by atoms with Gasteiger partial charge in [0, 0.05) is 37.4 Å². The summed E-state index contributed by atoms with van der Waals surface area (Å²) in [5.74, 6) is 0.462. The van der Waals surface area contributed by atoms with Gasteiger partial charge in [-0.2, -0.15) is 13.2 Å². The Hall–Kier alpha value is -2.48. The fraction of sp³-hybridized carbons (Fsp3) is 0.542. The summed E-state index contributed by atoms with van der Waals surface area (Å²) in [7, 11) is 0. The number of amides is 1. The summed E-state index contributed by atoms with van der Waals surface area (Å²) < 4.78 is 38.9. The van der Waals surface area contributed by atoms with Crippen molar-refractivity contribution in [1.82, 2.24) is 20.2 Å². The van der Waals surface area contributed by atoms with Crippen LogP contribution < -0.4 is 5.32 Å². The number of alkyl halides is 3. The molecule has 5 nitrogen and oxygen atoms in total. The molecule has 1 amide bonds. The Labute approximate surface area is 186 Å². The lowest BCUT2D eigenvalue weighted by molar-refractivity contribution is -0.138. The minimum Gasteiger partial charge on any atom is -0.342 e. The summed E-state index contributed by atoms with van der Waals surface area (Å²) in [6, 6.07) is 4.97. The smallest absolute Gasteiger partial charge is 0.342 e. The molecule has 32 heavy (non-hydrogen) atoms. The minimum absolute atomic E-state index is 0.139. The maximum Gasteiger partial charge on any atom is 0.416 e. The van der Waals surface area contributed by atoms with Crippen LogP contribution in [0.3, 0.4) is 0 Å². The van der Waals surface area contributed by atoms with Gasteiger partial charge >= 0.3 is 6.18 Å². The van der Waals surface area contributed by atoms with Gasteiger partial charge in [-0.25, -0.2) is 0 Å². The van der Waals surface area contributed by atoms with Crippen molar-refractivity contribution in [1.29, 1.82) is 0 Å². The Morgan fingerprint density at radius 3 is 2.28 bits per heavy atom. The van der Waals surface area contributed by atoms with Gasteiger partial charge in [0.2, 0.25) is 5.91 Å². The second-order valence-electron chi connectivity index (χ2n) is 8.78. The first-order valence-electron chi connectivity index (χ1n) is 11.4. The van der Waals surface area contributed by atoms with Crippen molar-refractivity contribution in [3.63, 3.8) is 0 Å². The average molecular weight is 447 g/mol. The molecule has 1 saturated heterocycles. The molecule has 4 rings (SSSR count). The molecule has 1 unspecified atom stereocenters. The summed E-state index contributed by atoms with van der Waals surface area (Å²) in [4.78, 5) is 23.3. The maximum atomic E-state index is 13.0. The van der Waals surface area contributed by atoms with Gasteiger partial charge in [0.15, 0.2) is 0 Å². The fourth-order valence-corrected chi connectivity index (χ4v) is 4.79. The Morgan fingerprint density at radius 2 is 1.69 bits per heavy atom. The second-order valence-corrected chi connectivity index (χ2v) is 8.78. The molecule has 2 aliphatic rings. The van der Waals surface area contributed by atoms with Crippen LogP contribution in [0.4, 0.5) is 13.2 Å². The number of carbonyl (C=O) groups excluding carboxylic acids is 1. The molecule has 0 bridgehead atoms. The van der Waals surface area contributed by atoms with Crippen molar-refractivity contribution in [2.75, 3.05) is 13.1 Å². The van der Waals surface area contributed by atoms with Crippen molar-refractivity contribution in [2.24, 2.45) is 5.92 Å². The summed E-state index contributed by atoms with van der Waals surface area (Å²) in [5.41, 5.74) is 0.695. The third kappa shape index (κ3) is 5.46. The number of benzene rings is 1. The average Bonchev–Trinajstić information content (AvgIpc) is 2.83. The van der Waals surface area contributed by atoms with Gasteiger partial charge < -0.3 is 10.2 Å². The first-order valence-corrected chi connectivity index (χ1v) is 11.4. The molecule has 1 saturated carbocycles. The first-order chi connectivity index (χ1) is 15.4. The van der Waals surface area contributed by atoms with Crippen LogP contribution in [0.15, 0.2) is 42.9 Å². The molecule has 8 heteroatoms. The topological polar surface area (TPSA) is 58.1 Å². The molecule has 0 spiro atoms. The molecule has 1 aromatic carbocycles. The van der Waals surface area contributed by atoms with Crippen LogP contribution in [-0.2, 0) is 11.0 Å². The Bertz CT molecular complexity index is 874. The molecule has 1 atom stereocenters. The van der Waals surface area contributed by atoms with Crippen LogP contribution >= 0.6 is 0 Å². The highest BCUT2D eigenvalue weighted by molar-refractivity contribution is 5.79. The lowest BCUT2D eigenvalue weighted by atomic mass is 9.87. The van der Waals surface area contributed by atoms with E-state index in [2.05, 4.69) is 15.3 Å². The zero-order chi connectivity index (χ0) is 22.6. The van der Waals surface area contributed by atoms with E-state index in [9.17, 15) is 18.0 Å². The van der Waals surface area contributed by atoms with Gasteiger partial charge in [-0.3, -0.25) is 14.8 Å². The van der Waals surface area contributed by atoms with Gasteiger partial charge in [0.05, 0.1) is 23.5 Å². The number of piperidine rings is 1. The van der Waals surface area contributed by atoms with Gasteiger partial charge in [-0.15, -0.1) is 0 Å². The highest BCUT2D eigenvalue weighted by Crippen LogP contribution is 2.31. The number of halogens is 3. The van der Waals surface area contributed by atoms with E-state index in [4.69, 9.17) is 0 Å². The monoisotopic (exact) mass is 446 g/mol. The number of carbonyl (C=O) groups is 1. The summed E-state index contributed by atoms with van der Waals surface area (Å²) in [6.07, 6.45) is 7.53. The van der Waals surface area contributed by atoms with E-state index in [1.807, 2.05) is 4.90 Å². The third-order valence-corrected chi connectivity index (χ3v) is 6.61. The van der Waals surface area contributed by atoms with Gasteiger partial charge in [0.1, 0.15) is 0 Å². The number of hydrogen-bond acceptors (Lipinski definition) is 4. The van der Waals surface area contributed by atoms with Crippen molar-refractivity contribution in [2.45, 2.75) is 63.2 Å². The van der Waals surface area contributed by atoms with E-state index in [-0.39, 0.29) is 23.9 Å². The van der Waals surface area contributed by atoms with Gasteiger partial charge in [-0.1, -0.05) is 31.4 Å².